The number of hydrogen-bond acceptors (Lipinski definition) is 3. The number of unbranched alkanes of at least 4 members (excludes halogenated alkanes) is 2. The van der Waals surface area contributed by atoms with Gasteiger partial charge in [0.2, 0.25) is 0 Å². The largest absolute Gasteiger partial charge is 0.395 e. The number of aliphatic hydroxyl groups is 1. The van der Waals surface area contributed by atoms with Crippen molar-refractivity contribution in [1.29, 1.82) is 0 Å². The zero-order valence-electron chi connectivity index (χ0n) is 12.8. The summed E-state index contributed by atoms with van der Waals surface area (Å²) in [6, 6.07) is 0.316. The van der Waals surface area contributed by atoms with Crippen molar-refractivity contribution in [2.24, 2.45) is 0 Å². The lowest BCUT2D eigenvalue weighted by molar-refractivity contribution is -0.00663. The number of aliphatic hydroxyl groups excluding tert-OH is 1. The lowest BCUT2D eigenvalue weighted by atomic mass is 9.88. The molecule has 0 aromatic carbocycles. The normalized spacial score (nSPS) is 26.2. The van der Waals surface area contributed by atoms with Crippen LogP contribution in [0, 0.1) is 0 Å². The van der Waals surface area contributed by atoms with Gasteiger partial charge in [0.05, 0.1) is 6.61 Å². The minimum atomic E-state index is 0.280. The lowest BCUT2D eigenvalue weighted by Crippen LogP contribution is -2.59. The molecule has 1 fully saturated rings. The van der Waals surface area contributed by atoms with Crippen LogP contribution in [0.1, 0.15) is 52.9 Å². The molecule has 1 heterocycles. The highest BCUT2D eigenvalue weighted by Crippen LogP contribution is 2.28. The molecule has 0 aromatic heterocycles. The first-order chi connectivity index (χ1) is 8.57. The van der Waals surface area contributed by atoms with E-state index in [1.54, 1.807) is 0 Å². The molecule has 108 valence electrons. The van der Waals surface area contributed by atoms with Gasteiger partial charge in [0, 0.05) is 31.2 Å². The maximum Gasteiger partial charge on any atom is 0.0599 e. The van der Waals surface area contributed by atoms with E-state index in [0.29, 0.717) is 11.6 Å². The van der Waals surface area contributed by atoms with Crippen LogP contribution >= 0.6 is 0 Å². The van der Waals surface area contributed by atoms with Crippen LogP contribution in [0.15, 0.2) is 0 Å². The summed E-state index contributed by atoms with van der Waals surface area (Å²) in [7, 11) is 2.12. The van der Waals surface area contributed by atoms with Crippen molar-refractivity contribution >= 4 is 0 Å². The third-order valence-corrected chi connectivity index (χ3v) is 4.83. The molecule has 1 N–H and O–H groups in total. The molecule has 1 aliphatic rings. The Labute approximate surface area is 113 Å². The highest BCUT2D eigenvalue weighted by atomic mass is 16.3. The first kappa shape index (κ1) is 15.9. The molecule has 1 saturated heterocycles. The molecule has 0 aliphatic carbocycles. The van der Waals surface area contributed by atoms with E-state index >= 15 is 0 Å². The van der Waals surface area contributed by atoms with E-state index < -0.39 is 0 Å². The lowest BCUT2D eigenvalue weighted by Gasteiger charge is -2.48. The summed E-state index contributed by atoms with van der Waals surface area (Å²) in [4.78, 5) is 4.90. The van der Waals surface area contributed by atoms with Crippen LogP contribution in [-0.4, -0.2) is 59.8 Å². The minimum absolute atomic E-state index is 0.280. The Morgan fingerprint density at radius 3 is 2.50 bits per heavy atom. The average Bonchev–Trinajstić information content (AvgIpc) is 2.39. The Kier molecular flexibility index (Phi) is 6.61. The molecule has 3 heteroatoms. The number of nitrogens with zero attached hydrogens (tertiary/aromatic N) is 2. The Balaban J connectivity index is 2.58. The van der Waals surface area contributed by atoms with E-state index in [9.17, 15) is 5.11 Å². The minimum Gasteiger partial charge on any atom is -0.395 e. The van der Waals surface area contributed by atoms with Crippen molar-refractivity contribution in [1.82, 2.24) is 9.80 Å². The Morgan fingerprint density at radius 1 is 1.22 bits per heavy atom. The Bertz CT molecular complexity index is 235. The maximum atomic E-state index is 9.46. The fraction of sp³-hybridized carbons (Fsp3) is 1.00. The predicted octanol–water partition coefficient (Wildman–Crippen LogP) is 2.34. The molecule has 0 bridgehead atoms. The molecule has 2 atom stereocenters. The van der Waals surface area contributed by atoms with Crippen LogP contribution in [0.4, 0.5) is 0 Å². The van der Waals surface area contributed by atoms with Gasteiger partial charge in [-0.3, -0.25) is 9.80 Å². The number of hydrogen-bond donors (Lipinski definition) is 1. The van der Waals surface area contributed by atoms with Gasteiger partial charge in [-0.05, 0) is 26.8 Å². The second-order valence-electron chi connectivity index (χ2n) is 6.07. The molecule has 1 rings (SSSR count). The molecule has 3 nitrogen and oxygen atoms in total. The highest BCUT2D eigenvalue weighted by Gasteiger charge is 2.34. The SMILES string of the molecule is CCCCCC(C)(CC)N1CCN(C)C(CO)C1. The smallest absolute Gasteiger partial charge is 0.0599 e. The Morgan fingerprint density at radius 2 is 1.94 bits per heavy atom. The molecule has 2 unspecified atom stereocenters. The second kappa shape index (κ2) is 7.46. The molecule has 0 saturated carbocycles. The average molecular weight is 256 g/mol. The van der Waals surface area contributed by atoms with Crippen LogP contribution in [-0.2, 0) is 0 Å². The van der Waals surface area contributed by atoms with Gasteiger partial charge in [0.25, 0.3) is 0 Å². The number of piperazine rings is 1. The quantitative estimate of drug-likeness (QED) is 0.708. The number of likely N-dealkylation sites (N-methyl/N-ethyl adjacent to an activating group) is 1. The first-order valence-corrected chi connectivity index (χ1v) is 7.63. The van der Waals surface area contributed by atoms with Gasteiger partial charge in [-0.2, -0.15) is 0 Å². The van der Waals surface area contributed by atoms with Crippen LogP contribution in [0.3, 0.4) is 0 Å². The molecule has 0 aromatic rings. The van der Waals surface area contributed by atoms with E-state index in [2.05, 4.69) is 37.6 Å². The van der Waals surface area contributed by atoms with Gasteiger partial charge in [-0.15, -0.1) is 0 Å². The van der Waals surface area contributed by atoms with Crippen molar-refractivity contribution in [3.63, 3.8) is 0 Å². The molecular formula is C15H32N2O. The summed E-state index contributed by atoms with van der Waals surface area (Å²) in [5, 5.41) is 9.46. The van der Waals surface area contributed by atoms with E-state index in [1.807, 2.05) is 0 Å². The van der Waals surface area contributed by atoms with Crippen molar-refractivity contribution in [2.75, 3.05) is 33.3 Å². The summed E-state index contributed by atoms with van der Waals surface area (Å²) in [5.74, 6) is 0. The second-order valence-corrected chi connectivity index (χ2v) is 6.07. The van der Waals surface area contributed by atoms with Crippen LogP contribution < -0.4 is 0 Å². The molecule has 0 spiro atoms. The maximum absolute atomic E-state index is 9.46. The van der Waals surface area contributed by atoms with E-state index in [1.165, 1.54) is 32.1 Å². The molecule has 18 heavy (non-hydrogen) atoms. The van der Waals surface area contributed by atoms with Crippen molar-refractivity contribution in [3.8, 4) is 0 Å². The molecule has 1 aliphatic heterocycles. The van der Waals surface area contributed by atoms with Crippen molar-refractivity contribution in [2.45, 2.75) is 64.5 Å². The third-order valence-electron chi connectivity index (χ3n) is 4.83. The van der Waals surface area contributed by atoms with Crippen LogP contribution in [0.25, 0.3) is 0 Å². The first-order valence-electron chi connectivity index (χ1n) is 7.63. The van der Waals surface area contributed by atoms with Crippen molar-refractivity contribution < 1.29 is 5.11 Å². The summed E-state index contributed by atoms with van der Waals surface area (Å²) in [5.41, 5.74) is 0.323. The van der Waals surface area contributed by atoms with Gasteiger partial charge in [-0.1, -0.05) is 33.1 Å². The zero-order valence-corrected chi connectivity index (χ0v) is 12.8. The van der Waals surface area contributed by atoms with Gasteiger partial charge < -0.3 is 5.11 Å². The summed E-state index contributed by atoms with van der Waals surface area (Å²) >= 11 is 0. The van der Waals surface area contributed by atoms with E-state index in [4.69, 9.17) is 0 Å². The summed E-state index contributed by atoms with van der Waals surface area (Å²) in [6.07, 6.45) is 6.46. The standard InChI is InChI=1S/C15H32N2O/c1-5-7-8-9-15(3,6-2)17-11-10-16(4)14(12-17)13-18/h14,18H,5-13H2,1-4H3. The molecule has 0 amide bonds. The fourth-order valence-corrected chi connectivity index (χ4v) is 2.95. The molecule has 0 radical (unpaired) electrons. The highest BCUT2D eigenvalue weighted by molar-refractivity contribution is 4.91. The third kappa shape index (κ3) is 3.94. The Hall–Kier alpha value is -0.120. The predicted molar refractivity (Wildman–Crippen MR) is 77.9 cm³/mol. The van der Waals surface area contributed by atoms with Crippen LogP contribution in [0.5, 0.6) is 0 Å². The van der Waals surface area contributed by atoms with Gasteiger partial charge in [-0.25, -0.2) is 0 Å². The molecular weight excluding hydrogens is 224 g/mol. The van der Waals surface area contributed by atoms with E-state index in [-0.39, 0.29) is 6.61 Å². The van der Waals surface area contributed by atoms with Gasteiger partial charge >= 0.3 is 0 Å². The van der Waals surface area contributed by atoms with E-state index in [0.717, 1.165) is 19.6 Å². The van der Waals surface area contributed by atoms with Crippen LogP contribution in [0.2, 0.25) is 0 Å². The van der Waals surface area contributed by atoms with Gasteiger partial charge in [0.15, 0.2) is 0 Å². The fourth-order valence-electron chi connectivity index (χ4n) is 2.95. The zero-order chi connectivity index (χ0) is 13.6. The summed E-state index contributed by atoms with van der Waals surface area (Å²) < 4.78 is 0. The topological polar surface area (TPSA) is 26.7 Å². The van der Waals surface area contributed by atoms with Gasteiger partial charge in [0.1, 0.15) is 0 Å². The monoisotopic (exact) mass is 256 g/mol. The summed E-state index contributed by atoms with van der Waals surface area (Å²) in [6.45, 7) is 10.5. The number of rotatable bonds is 7. The van der Waals surface area contributed by atoms with Crippen molar-refractivity contribution in [3.05, 3.63) is 0 Å².